The quantitative estimate of drug-likeness (QED) is 0.368. The minimum Gasteiger partial charge on any atom is -0.457 e. The first-order valence-electron chi connectivity index (χ1n) is 12.2. The van der Waals surface area contributed by atoms with Gasteiger partial charge in [0.1, 0.15) is 22.7 Å². The van der Waals surface area contributed by atoms with Gasteiger partial charge >= 0.3 is 0 Å². The molecular formula is C28H26ClN5O3. The van der Waals surface area contributed by atoms with Crippen molar-refractivity contribution >= 4 is 45.7 Å². The molecule has 2 N–H and O–H groups in total. The molecule has 2 aliphatic rings. The molecule has 1 amide bonds. The first kappa shape index (κ1) is 23.5. The van der Waals surface area contributed by atoms with E-state index in [4.69, 9.17) is 16.3 Å². The number of benzene rings is 2. The third-order valence-electron chi connectivity index (χ3n) is 7.21. The molecule has 8 nitrogen and oxygen atoms in total. The number of ether oxygens (including phenoxy) is 1. The van der Waals surface area contributed by atoms with Gasteiger partial charge in [0.15, 0.2) is 5.78 Å². The van der Waals surface area contributed by atoms with Gasteiger partial charge in [0.25, 0.3) is 5.91 Å². The summed E-state index contributed by atoms with van der Waals surface area (Å²) < 4.78 is 5.86. The molecule has 1 atom stereocenters. The summed E-state index contributed by atoms with van der Waals surface area (Å²) in [5, 5.41) is 4.49. The number of nitrogens with one attached hydrogen (secondary N) is 2. The zero-order valence-corrected chi connectivity index (χ0v) is 21.3. The number of para-hydroxylation sites is 1. The molecule has 1 unspecified atom stereocenters. The molecule has 4 heterocycles. The summed E-state index contributed by atoms with van der Waals surface area (Å²) >= 11 is 6.58. The molecule has 1 saturated heterocycles. The van der Waals surface area contributed by atoms with Crippen LogP contribution in [0.4, 0.5) is 11.4 Å². The summed E-state index contributed by atoms with van der Waals surface area (Å²) in [5.41, 5.74) is 1.97. The number of amides is 1. The first-order valence-corrected chi connectivity index (χ1v) is 12.6. The van der Waals surface area contributed by atoms with Crippen molar-refractivity contribution in [3.63, 3.8) is 0 Å². The Hall–Kier alpha value is -3.88. The van der Waals surface area contributed by atoms with E-state index in [1.165, 1.54) is 0 Å². The van der Waals surface area contributed by atoms with Gasteiger partial charge in [-0.1, -0.05) is 29.8 Å². The lowest BCUT2D eigenvalue weighted by Crippen LogP contribution is -2.63. The van der Waals surface area contributed by atoms with Crippen molar-refractivity contribution in [3.05, 3.63) is 77.1 Å². The number of pyridine rings is 1. The van der Waals surface area contributed by atoms with E-state index in [-0.39, 0.29) is 16.7 Å². The van der Waals surface area contributed by atoms with Gasteiger partial charge in [-0.25, -0.2) is 4.98 Å². The van der Waals surface area contributed by atoms with Crippen molar-refractivity contribution in [1.29, 1.82) is 0 Å². The number of aromatic amines is 1. The highest BCUT2D eigenvalue weighted by atomic mass is 35.5. The lowest BCUT2D eigenvalue weighted by molar-refractivity contribution is -0.124. The molecule has 9 heteroatoms. The zero-order chi connectivity index (χ0) is 25.7. The van der Waals surface area contributed by atoms with Crippen LogP contribution in [0.3, 0.4) is 0 Å². The number of anilines is 2. The van der Waals surface area contributed by atoms with Gasteiger partial charge in [-0.05, 0) is 50.7 Å². The number of likely N-dealkylation sites (tertiary alicyclic amines) is 1. The van der Waals surface area contributed by atoms with Crippen LogP contribution in [0.15, 0.2) is 60.9 Å². The number of rotatable bonds is 4. The number of halogens is 1. The van der Waals surface area contributed by atoms with Gasteiger partial charge < -0.3 is 24.8 Å². The van der Waals surface area contributed by atoms with Crippen molar-refractivity contribution in [1.82, 2.24) is 14.9 Å². The molecule has 4 aromatic rings. The van der Waals surface area contributed by atoms with Crippen molar-refractivity contribution in [2.75, 3.05) is 37.4 Å². The van der Waals surface area contributed by atoms with Gasteiger partial charge in [-0.15, -0.1) is 0 Å². The second kappa shape index (κ2) is 8.90. The van der Waals surface area contributed by atoms with Crippen LogP contribution in [-0.2, 0) is 4.79 Å². The Morgan fingerprint density at radius 3 is 2.68 bits per heavy atom. The van der Waals surface area contributed by atoms with Crippen molar-refractivity contribution < 1.29 is 14.3 Å². The van der Waals surface area contributed by atoms with Gasteiger partial charge in [0.2, 0.25) is 0 Å². The maximum Gasteiger partial charge on any atom is 0.253 e. The molecule has 2 aromatic heterocycles. The molecule has 2 aliphatic heterocycles. The standard InChI is InChI=1S/C28H26ClN5O3/c1-33-12-6-11-28(16-33)27(36)34(2)22-15-31-26-23(24(22)32-28)20(14-30-26)25(35)19-10-9-18(13-21(19)29)37-17-7-4-3-5-8-17/h3-5,7-10,13-15,32H,6,11-12,16H2,1-2H3,(H,30,31). The summed E-state index contributed by atoms with van der Waals surface area (Å²) in [6, 6.07) is 14.4. The highest BCUT2D eigenvalue weighted by molar-refractivity contribution is 6.36. The summed E-state index contributed by atoms with van der Waals surface area (Å²) in [7, 11) is 3.79. The lowest BCUT2D eigenvalue weighted by atomic mass is 9.85. The number of likely N-dealkylation sites (N-methyl/N-ethyl adjacent to an activating group) is 2. The number of fused-ring (bicyclic) bond motifs is 3. The fourth-order valence-electron chi connectivity index (χ4n) is 5.43. The van der Waals surface area contributed by atoms with Crippen LogP contribution in [0.5, 0.6) is 11.5 Å². The smallest absolute Gasteiger partial charge is 0.253 e. The highest BCUT2D eigenvalue weighted by Gasteiger charge is 2.47. The van der Waals surface area contributed by atoms with E-state index in [9.17, 15) is 9.59 Å². The van der Waals surface area contributed by atoms with Crippen LogP contribution in [0.1, 0.15) is 28.8 Å². The number of hydrogen-bond donors (Lipinski definition) is 2. The van der Waals surface area contributed by atoms with E-state index in [2.05, 4.69) is 20.2 Å². The van der Waals surface area contributed by atoms with Gasteiger partial charge in [0.05, 0.1) is 33.5 Å². The molecule has 1 fully saturated rings. The molecule has 0 bridgehead atoms. The zero-order valence-electron chi connectivity index (χ0n) is 20.5. The Balaban J connectivity index is 1.40. The van der Waals surface area contributed by atoms with E-state index >= 15 is 0 Å². The van der Waals surface area contributed by atoms with Crippen molar-refractivity contribution in [2.24, 2.45) is 0 Å². The molecule has 2 aromatic carbocycles. The Labute approximate surface area is 219 Å². The molecule has 0 saturated carbocycles. The van der Waals surface area contributed by atoms with E-state index in [1.807, 2.05) is 37.4 Å². The van der Waals surface area contributed by atoms with Crippen LogP contribution in [-0.4, -0.2) is 59.3 Å². The third kappa shape index (κ3) is 3.93. The lowest BCUT2D eigenvalue weighted by Gasteiger charge is -2.47. The highest BCUT2D eigenvalue weighted by Crippen LogP contribution is 2.43. The Morgan fingerprint density at radius 2 is 1.92 bits per heavy atom. The molecular weight excluding hydrogens is 490 g/mol. The Kier molecular flexibility index (Phi) is 5.66. The minimum absolute atomic E-state index is 0.00756. The molecule has 188 valence electrons. The van der Waals surface area contributed by atoms with E-state index in [1.54, 1.807) is 42.5 Å². The second-order valence-corrected chi connectivity index (χ2v) is 10.2. The van der Waals surface area contributed by atoms with Crippen molar-refractivity contribution in [2.45, 2.75) is 18.4 Å². The molecule has 1 spiro atoms. The molecule has 6 rings (SSSR count). The summed E-state index contributed by atoms with van der Waals surface area (Å²) in [6.45, 7) is 1.53. The SMILES string of the molecule is CN1CCCC2(C1)Nc1c(cnc3[nH]cc(C(=O)c4ccc(Oc5ccccc5)cc4Cl)c13)N(C)C2=O. The Morgan fingerprint density at radius 1 is 1.11 bits per heavy atom. The third-order valence-corrected chi connectivity index (χ3v) is 7.53. The predicted molar refractivity (Wildman–Crippen MR) is 144 cm³/mol. The Bertz CT molecular complexity index is 1540. The number of nitrogens with zero attached hydrogens (tertiary/aromatic N) is 3. The number of carbonyl (C=O) groups excluding carboxylic acids is 2. The van der Waals surface area contributed by atoms with Crippen molar-refractivity contribution in [3.8, 4) is 11.5 Å². The maximum absolute atomic E-state index is 13.8. The summed E-state index contributed by atoms with van der Waals surface area (Å²) in [5.74, 6) is 0.983. The van der Waals surface area contributed by atoms with E-state index in [0.29, 0.717) is 52.3 Å². The largest absolute Gasteiger partial charge is 0.457 e. The molecule has 37 heavy (non-hydrogen) atoms. The fraction of sp³-hybridized carbons (Fsp3) is 0.250. The van der Waals surface area contributed by atoms with Gasteiger partial charge in [-0.3, -0.25) is 9.59 Å². The molecule has 0 radical (unpaired) electrons. The topological polar surface area (TPSA) is 90.6 Å². The number of ketones is 1. The van der Waals surface area contributed by atoms with E-state index < -0.39 is 5.54 Å². The van der Waals surface area contributed by atoms with Gasteiger partial charge in [0, 0.05) is 31.4 Å². The molecule has 0 aliphatic carbocycles. The maximum atomic E-state index is 13.8. The van der Waals surface area contributed by atoms with Crippen LogP contribution in [0.25, 0.3) is 11.0 Å². The monoisotopic (exact) mass is 515 g/mol. The van der Waals surface area contributed by atoms with Gasteiger partial charge in [-0.2, -0.15) is 0 Å². The van der Waals surface area contributed by atoms with Crippen LogP contribution in [0.2, 0.25) is 5.02 Å². The average Bonchev–Trinajstić information content (AvgIpc) is 3.33. The van der Waals surface area contributed by atoms with Crippen LogP contribution in [0, 0.1) is 0 Å². The number of aromatic nitrogens is 2. The van der Waals surface area contributed by atoms with E-state index in [0.717, 1.165) is 18.7 Å². The van der Waals surface area contributed by atoms with Crippen LogP contribution < -0.4 is 15.0 Å². The average molecular weight is 516 g/mol. The second-order valence-electron chi connectivity index (χ2n) is 9.74. The number of carbonyl (C=O) groups is 2. The predicted octanol–water partition coefficient (Wildman–Crippen LogP) is 5.09. The summed E-state index contributed by atoms with van der Waals surface area (Å²) in [4.78, 5) is 38.7. The normalized spacial score (nSPS) is 19.6. The number of piperidine rings is 1. The fourth-order valence-corrected chi connectivity index (χ4v) is 5.68. The number of H-pyrrole nitrogens is 1. The first-order chi connectivity index (χ1) is 17.9. The summed E-state index contributed by atoms with van der Waals surface area (Å²) in [6.07, 6.45) is 4.93. The minimum atomic E-state index is -0.755. The number of hydrogen-bond acceptors (Lipinski definition) is 6. The van der Waals surface area contributed by atoms with Crippen LogP contribution >= 0.6 is 11.6 Å².